The number of likely N-dealkylation sites (N-methyl/N-ethyl adjacent to an activating group) is 1. The van der Waals surface area contributed by atoms with Crippen LogP contribution in [0.25, 0.3) is 0 Å². The van der Waals surface area contributed by atoms with Crippen LogP contribution in [-0.2, 0) is 9.53 Å². The van der Waals surface area contributed by atoms with E-state index in [4.69, 9.17) is 0 Å². The van der Waals surface area contributed by atoms with Gasteiger partial charge in [0.2, 0.25) is 0 Å². The predicted molar refractivity (Wildman–Crippen MR) is 77.9 cm³/mol. The Morgan fingerprint density at radius 1 is 1.05 bits per heavy atom. The number of carbonyl (C=O) groups excluding carboxylic acids is 1. The summed E-state index contributed by atoms with van der Waals surface area (Å²) in [6, 6.07) is 0. The molecule has 0 unspecified atom stereocenters. The summed E-state index contributed by atoms with van der Waals surface area (Å²) in [7, 11) is 7.74. The fourth-order valence-corrected chi connectivity index (χ4v) is 2.18. The third kappa shape index (κ3) is 13.6. The number of aliphatic hydroxyl groups excluding tert-OH is 1. The summed E-state index contributed by atoms with van der Waals surface area (Å²) >= 11 is 0. The van der Waals surface area contributed by atoms with Gasteiger partial charge >= 0.3 is 5.97 Å². The van der Waals surface area contributed by atoms with Crippen molar-refractivity contribution in [3.05, 3.63) is 0 Å². The molecule has 1 atom stereocenters. The second-order valence-electron chi connectivity index (χ2n) is 6.36. The molecule has 114 valence electrons. The molecule has 0 heterocycles. The largest absolute Gasteiger partial charge is 0.469 e. The van der Waals surface area contributed by atoms with Crippen LogP contribution in [0.3, 0.4) is 0 Å². The fraction of sp³-hybridized carbons (Fsp3) is 0.933. The van der Waals surface area contributed by atoms with Gasteiger partial charge in [-0.25, -0.2) is 0 Å². The van der Waals surface area contributed by atoms with Crippen molar-refractivity contribution in [3.63, 3.8) is 0 Å². The number of hydrogen-bond acceptors (Lipinski definition) is 3. The molecule has 0 aromatic carbocycles. The summed E-state index contributed by atoms with van der Waals surface area (Å²) in [6.07, 6.45) is 7.91. The van der Waals surface area contributed by atoms with Crippen molar-refractivity contribution in [2.75, 3.05) is 34.8 Å². The minimum absolute atomic E-state index is 0.108. The maximum atomic E-state index is 10.9. The van der Waals surface area contributed by atoms with Gasteiger partial charge in [-0.2, -0.15) is 0 Å². The molecule has 0 saturated heterocycles. The highest BCUT2D eigenvalue weighted by atomic mass is 16.5. The topological polar surface area (TPSA) is 46.5 Å². The van der Waals surface area contributed by atoms with Crippen LogP contribution in [0.4, 0.5) is 0 Å². The average molecular weight is 274 g/mol. The van der Waals surface area contributed by atoms with E-state index in [1.807, 2.05) is 0 Å². The lowest BCUT2D eigenvalue weighted by Crippen LogP contribution is -2.41. The second kappa shape index (κ2) is 10.2. The number of quaternary nitrogens is 1. The molecule has 0 fully saturated rings. The summed E-state index contributed by atoms with van der Waals surface area (Å²) in [5, 5.41) is 9.85. The SMILES string of the molecule is COC(=O)CCCCCCCC[C@H](O)C[N+](C)(C)C. The zero-order valence-electron chi connectivity index (χ0n) is 13.2. The van der Waals surface area contributed by atoms with E-state index in [0.717, 1.165) is 36.7 Å². The third-order valence-electron chi connectivity index (χ3n) is 3.15. The summed E-state index contributed by atoms with van der Waals surface area (Å²) in [5.41, 5.74) is 0. The molecule has 0 aliphatic carbocycles. The van der Waals surface area contributed by atoms with E-state index in [9.17, 15) is 9.90 Å². The Morgan fingerprint density at radius 3 is 2.11 bits per heavy atom. The third-order valence-corrected chi connectivity index (χ3v) is 3.15. The number of unbranched alkanes of at least 4 members (excludes halogenated alkanes) is 5. The first kappa shape index (κ1) is 18.4. The Morgan fingerprint density at radius 2 is 1.58 bits per heavy atom. The highest BCUT2D eigenvalue weighted by molar-refractivity contribution is 5.68. The van der Waals surface area contributed by atoms with Crippen molar-refractivity contribution in [2.45, 2.75) is 57.5 Å². The quantitative estimate of drug-likeness (QED) is 0.357. The highest BCUT2D eigenvalue weighted by Crippen LogP contribution is 2.11. The van der Waals surface area contributed by atoms with Crippen LogP contribution in [0, 0.1) is 0 Å². The molecule has 0 spiro atoms. The lowest BCUT2D eigenvalue weighted by molar-refractivity contribution is -0.873. The molecule has 4 nitrogen and oxygen atoms in total. The normalized spacial score (nSPS) is 13.3. The molecule has 0 amide bonds. The molecule has 0 bridgehead atoms. The number of carbonyl (C=O) groups is 1. The first-order valence-electron chi connectivity index (χ1n) is 7.40. The molecule has 0 radical (unpaired) electrons. The molecule has 1 N–H and O–H groups in total. The first-order valence-corrected chi connectivity index (χ1v) is 7.40. The minimum atomic E-state index is -0.181. The summed E-state index contributed by atoms with van der Waals surface area (Å²) in [6.45, 7) is 0.819. The molecule has 0 aromatic heterocycles. The lowest BCUT2D eigenvalue weighted by atomic mass is 10.1. The van der Waals surface area contributed by atoms with Gasteiger partial charge in [-0.15, -0.1) is 0 Å². The van der Waals surface area contributed by atoms with Gasteiger partial charge in [-0.05, 0) is 12.8 Å². The second-order valence-corrected chi connectivity index (χ2v) is 6.36. The molecule has 0 aliphatic rings. The summed E-state index contributed by atoms with van der Waals surface area (Å²) in [4.78, 5) is 10.9. The van der Waals surface area contributed by atoms with Gasteiger partial charge in [0.05, 0.1) is 28.3 Å². The predicted octanol–water partition coefficient (Wildman–Crippen LogP) is 2.35. The van der Waals surface area contributed by atoms with Crippen molar-refractivity contribution < 1.29 is 19.1 Å². The number of ether oxygens (including phenoxy) is 1. The van der Waals surface area contributed by atoms with E-state index in [2.05, 4.69) is 25.9 Å². The molecular formula is C15H32NO3+. The van der Waals surface area contributed by atoms with Crippen LogP contribution < -0.4 is 0 Å². The number of nitrogens with zero attached hydrogens (tertiary/aromatic N) is 1. The monoisotopic (exact) mass is 274 g/mol. The smallest absolute Gasteiger partial charge is 0.305 e. The Labute approximate surface area is 118 Å². The van der Waals surface area contributed by atoms with Crippen molar-refractivity contribution in [2.24, 2.45) is 0 Å². The maximum Gasteiger partial charge on any atom is 0.305 e. The first-order chi connectivity index (χ1) is 8.85. The zero-order chi connectivity index (χ0) is 14.7. The Bertz CT molecular complexity index is 236. The number of aliphatic hydroxyl groups is 1. The summed E-state index contributed by atoms with van der Waals surface area (Å²) in [5.74, 6) is -0.108. The number of hydrogen-bond donors (Lipinski definition) is 1. The van der Waals surface area contributed by atoms with Gasteiger partial charge in [0.15, 0.2) is 0 Å². The lowest BCUT2D eigenvalue weighted by Gasteiger charge is -2.26. The Balaban J connectivity index is 3.29. The maximum absolute atomic E-state index is 10.9. The number of rotatable bonds is 11. The minimum Gasteiger partial charge on any atom is -0.469 e. The Hall–Kier alpha value is -0.610. The van der Waals surface area contributed by atoms with Crippen molar-refractivity contribution in [1.29, 1.82) is 0 Å². The van der Waals surface area contributed by atoms with E-state index < -0.39 is 0 Å². The molecule has 0 aromatic rings. The van der Waals surface area contributed by atoms with Crippen molar-refractivity contribution in [1.82, 2.24) is 0 Å². The number of methoxy groups -OCH3 is 1. The van der Waals surface area contributed by atoms with E-state index in [0.29, 0.717) is 6.42 Å². The molecule has 0 saturated carbocycles. The van der Waals surface area contributed by atoms with Crippen LogP contribution in [0.1, 0.15) is 51.4 Å². The van der Waals surface area contributed by atoms with Crippen LogP contribution in [0.2, 0.25) is 0 Å². The van der Waals surface area contributed by atoms with Gasteiger partial charge in [-0.3, -0.25) is 4.79 Å². The van der Waals surface area contributed by atoms with E-state index >= 15 is 0 Å². The van der Waals surface area contributed by atoms with Gasteiger partial charge in [0, 0.05) is 6.42 Å². The fourth-order valence-electron chi connectivity index (χ4n) is 2.18. The van der Waals surface area contributed by atoms with Crippen LogP contribution in [0.15, 0.2) is 0 Å². The molecule has 0 rings (SSSR count). The highest BCUT2D eigenvalue weighted by Gasteiger charge is 2.14. The van der Waals surface area contributed by atoms with Gasteiger partial charge in [0.1, 0.15) is 12.6 Å². The van der Waals surface area contributed by atoms with Crippen LogP contribution in [-0.4, -0.2) is 56.5 Å². The van der Waals surface area contributed by atoms with Gasteiger partial charge < -0.3 is 14.3 Å². The molecule has 19 heavy (non-hydrogen) atoms. The van der Waals surface area contributed by atoms with Gasteiger partial charge in [-0.1, -0.05) is 32.1 Å². The Kier molecular flexibility index (Phi) is 9.88. The van der Waals surface area contributed by atoms with Crippen LogP contribution >= 0.6 is 0 Å². The average Bonchev–Trinajstić information content (AvgIpc) is 2.29. The number of esters is 1. The van der Waals surface area contributed by atoms with E-state index in [-0.39, 0.29) is 12.1 Å². The van der Waals surface area contributed by atoms with Crippen LogP contribution in [0.5, 0.6) is 0 Å². The molecular weight excluding hydrogens is 242 g/mol. The van der Waals surface area contributed by atoms with E-state index in [1.165, 1.54) is 26.4 Å². The standard InChI is InChI=1S/C15H32NO3/c1-16(2,3)13-14(17)11-9-7-5-6-8-10-12-15(18)19-4/h14,17H,5-13H2,1-4H3/q+1/t14-/m0/s1. The van der Waals surface area contributed by atoms with Crippen molar-refractivity contribution >= 4 is 5.97 Å². The molecule has 4 heteroatoms. The van der Waals surface area contributed by atoms with Gasteiger partial charge in [0.25, 0.3) is 0 Å². The van der Waals surface area contributed by atoms with Crippen molar-refractivity contribution in [3.8, 4) is 0 Å². The molecule has 0 aliphatic heterocycles. The summed E-state index contributed by atoms with van der Waals surface area (Å²) < 4.78 is 5.41. The van der Waals surface area contributed by atoms with E-state index in [1.54, 1.807) is 0 Å². The zero-order valence-corrected chi connectivity index (χ0v) is 13.2.